The number of benzene rings is 4. The normalized spacial score (nSPS) is 13.9. The number of carboxylic acid groups (broad SMARTS) is 1. The van der Waals surface area contributed by atoms with E-state index in [9.17, 15) is 44.7 Å². The van der Waals surface area contributed by atoms with Gasteiger partial charge in [0, 0.05) is 126 Å². The molecule has 6 N–H and O–H groups in total. The molecule has 29 heteroatoms. The lowest BCUT2D eigenvalue weighted by Crippen LogP contribution is -2.44. The summed E-state index contributed by atoms with van der Waals surface area (Å²) >= 11 is 0. The van der Waals surface area contributed by atoms with E-state index in [-0.39, 0.29) is 38.2 Å². The number of carbonyl (C=O) groups excluding carboxylic acids is 1. The van der Waals surface area contributed by atoms with Gasteiger partial charge in [0.25, 0.3) is 0 Å². The summed E-state index contributed by atoms with van der Waals surface area (Å²) in [5.41, 5.74) is 20.8. The van der Waals surface area contributed by atoms with Crippen LogP contribution in [-0.2, 0) is 45.0 Å². The number of piperazine rings is 2. The number of ether oxygens (including phenoxy) is 3. The van der Waals surface area contributed by atoms with E-state index >= 15 is 0 Å². The summed E-state index contributed by atoms with van der Waals surface area (Å²) in [5, 5.41) is 19.2. The second kappa shape index (κ2) is 36.7. The molecule has 0 amide bonds. The molecule has 0 radical (unpaired) electrons. The highest BCUT2D eigenvalue weighted by atomic mass is 19.2. The van der Waals surface area contributed by atoms with E-state index in [1.165, 1.54) is 11.4 Å². The quantitative estimate of drug-likeness (QED) is 0.0104. The van der Waals surface area contributed by atoms with Crippen molar-refractivity contribution in [2.75, 3.05) is 154 Å². The molecule has 2 fully saturated rings. The minimum atomic E-state index is -1.79. The highest BCUT2D eigenvalue weighted by molar-refractivity contribution is 6.08. The zero-order valence-corrected chi connectivity index (χ0v) is 57.3. The third kappa shape index (κ3) is 20.5. The van der Waals surface area contributed by atoms with Crippen LogP contribution in [0.4, 0.5) is 58.1 Å². The highest BCUT2D eigenvalue weighted by Gasteiger charge is 2.26. The van der Waals surface area contributed by atoms with Crippen LogP contribution in [0.25, 0.3) is 43.9 Å². The number of hydrogen-bond donors (Lipinski definition) is 4. The van der Waals surface area contributed by atoms with Gasteiger partial charge in [-0.2, -0.15) is 17.6 Å². The lowest BCUT2D eigenvalue weighted by Gasteiger charge is -2.34. The molecule has 2 aliphatic rings. The number of likely N-dealkylation sites (N-methyl/N-ethyl adjacent to an activating group) is 4. The van der Waals surface area contributed by atoms with Gasteiger partial charge in [-0.1, -0.05) is 26.7 Å². The van der Waals surface area contributed by atoms with Gasteiger partial charge in [-0.25, -0.2) is 37.5 Å². The van der Waals surface area contributed by atoms with Gasteiger partial charge in [-0.05, 0) is 116 Å². The van der Waals surface area contributed by atoms with Crippen molar-refractivity contribution < 1.29 is 69.1 Å². The number of carboxylic acids is 1. The fourth-order valence-corrected chi connectivity index (χ4v) is 11.8. The number of rotatable bonds is 31. The third-order valence-corrected chi connectivity index (χ3v) is 17.6. The van der Waals surface area contributed by atoms with Crippen molar-refractivity contribution in [1.29, 1.82) is 0 Å². The number of anilines is 4. The Labute approximate surface area is 571 Å². The summed E-state index contributed by atoms with van der Waals surface area (Å²) in [5.74, 6) is -15.5. The van der Waals surface area contributed by atoms with Crippen molar-refractivity contribution in [3.05, 3.63) is 107 Å². The number of phenolic OH excluding ortho intramolecular Hbond substituents is 1. The van der Waals surface area contributed by atoms with Gasteiger partial charge in [0.15, 0.2) is 40.7 Å². The second-order valence-corrected chi connectivity index (χ2v) is 25.2. The molecule has 540 valence electrons. The number of carbonyl (C=O) groups is 2. The summed E-state index contributed by atoms with van der Waals surface area (Å²) in [6, 6.07) is 13.1. The first-order chi connectivity index (χ1) is 47.5. The number of hydrogen-bond acceptors (Lipinski definition) is 18. The minimum Gasteiger partial charge on any atom is -0.503 e. The molecular formula is C70H92F8N14O7. The van der Waals surface area contributed by atoms with E-state index in [0.29, 0.717) is 31.4 Å². The van der Waals surface area contributed by atoms with Gasteiger partial charge in [0.1, 0.15) is 22.7 Å². The number of nitrogens with zero attached hydrogens (tertiary/aromatic N) is 12. The number of unbranched alkanes of at least 4 members (excludes halogenated alkanes) is 4. The number of aromatic hydroxyl groups is 1. The maximum absolute atomic E-state index is 13.7. The number of halogens is 8. The molecule has 2 aliphatic heterocycles. The summed E-state index contributed by atoms with van der Waals surface area (Å²) < 4.78 is 123. The van der Waals surface area contributed by atoms with Crippen molar-refractivity contribution in [2.45, 2.75) is 104 Å². The molecule has 4 aromatic carbocycles. The van der Waals surface area contributed by atoms with E-state index in [2.05, 4.69) is 115 Å². The molecule has 0 saturated carbocycles. The predicted octanol–water partition coefficient (Wildman–Crippen LogP) is 11.0. The average Bonchev–Trinajstić information content (AvgIpc) is 1.63. The second-order valence-electron chi connectivity index (χ2n) is 25.2. The van der Waals surface area contributed by atoms with Gasteiger partial charge in [0.05, 0.1) is 61.3 Å². The van der Waals surface area contributed by atoms with E-state index in [1.807, 2.05) is 7.05 Å². The summed E-state index contributed by atoms with van der Waals surface area (Å²) in [4.78, 5) is 56.0. The molecule has 8 aromatic rings. The Kier molecular flexibility index (Phi) is 28.4. The van der Waals surface area contributed by atoms with Crippen LogP contribution in [-0.4, -0.2) is 204 Å². The number of pyridine rings is 2. The fourth-order valence-electron chi connectivity index (χ4n) is 11.8. The Bertz CT molecular complexity index is 3970. The molecule has 6 heterocycles. The van der Waals surface area contributed by atoms with E-state index in [0.717, 1.165) is 205 Å². The number of nitrogen functional groups attached to an aromatic ring is 2. The Hall–Kier alpha value is -8.22. The molecule has 21 nitrogen and oxygen atoms in total. The zero-order valence-electron chi connectivity index (χ0n) is 57.3. The molecule has 0 atom stereocenters. The number of esters is 1. The Morgan fingerprint density at radius 3 is 1.33 bits per heavy atom. The van der Waals surface area contributed by atoms with E-state index in [4.69, 9.17) is 51.1 Å². The van der Waals surface area contributed by atoms with Gasteiger partial charge >= 0.3 is 11.9 Å². The van der Waals surface area contributed by atoms with Gasteiger partial charge < -0.3 is 74.4 Å². The number of phenols is 1. The maximum atomic E-state index is 13.7. The van der Waals surface area contributed by atoms with Crippen LogP contribution < -0.4 is 26.0 Å². The SMILES string of the molecule is CCCCc1nc2c(N)nc3ccc(N4CCN(C)CC4)cc3c2n1CCCCN(C)CCOCCC(=O)O.CCCCc1nc2c(N)nc3ccc(N4CCN(C)CC4)cc3c2n1CCCCN(C)CCOCCC(=O)Oc1c(F)c(F)cc(F)c1F.Oc1c(F)c(F)cc(F)c1F. The van der Waals surface area contributed by atoms with Crippen LogP contribution in [0.2, 0.25) is 0 Å². The molecule has 10 rings (SSSR count). The monoisotopic (exact) mass is 1390 g/mol. The topological polar surface area (TPSA) is 235 Å². The molecule has 4 aromatic heterocycles. The van der Waals surface area contributed by atoms with Gasteiger partial charge in [-0.15, -0.1) is 0 Å². The van der Waals surface area contributed by atoms with Crippen LogP contribution in [0.5, 0.6) is 11.5 Å². The largest absolute Gasteiger partial charge is 0.503 e. The third-order valence-electron chi connectivity index (χ3n) is 17.6. The molecule has 0 spiro atoms. The zero-order chi connectivity index (χ0) is 71.4. The molecule has 2 saturated heterocycles. The Balaban J connectivity index is 0.000000222. The average molecular weight is 1390 g/mol. The first-order valence-corrected chi connectivity index (χ1v) is 33.8. The van der Waals surface area contributed by atoms with Crippen molar-refractivity contribution in [1.82, 2.24) is 48.7 Å². The standard InChI is InChI=1S/C35H45F4N7O3.C29H45N7O3.C6H2F4O/c1-4-5-8-28-42-32-33(24-21-23(9-10-27(24)41-35(32)40)45-16-14-44(3)15-17-45)46(28)13-7-6-12-43(2)18-20-48-19-11-29(47)49-34-30(38)25(36)22-26(37)31(34)39;1-4-5-8-25-32-27-28(36(25)13-7-6-12-33(2)18-20-39-19-11-26(37)38)23-21-22(9-10-24(23)31-29(27)30)35-16-14-34(3)15-17-35;7-2-1-3(8)5(10)6(11)4(2)9/h9-10,21-22H,4-8,11-20H2,1-3H3,(H2,40,41);9-10,21H,4-8,11-20H2,1-3H3,(H2,30,31)(H,37,38);1,11H. The molecular weight excluding hydrogens is 1300 g/mol. The van der Waals surface area contributed by atoms with Gasteiger partial charge in [0.2, 0.25) is 29.0 Å². The predicted molar refractivity (Wildman–Crippen MR) is 367 cm³/mol. The lowest BCUT2D eigenvalue weighted by atomic mass is 10.1. The Morgan fingerprint density at radius 1 is 0.525 bits per heavy atom. The summed E-state index contributed by atoms with van der Waals surface area (Å²) in [6.07, 6.45) is 9.69. The Morgan fingerprint density at radius 2 is 0.929 bits per heavy atom. The maximum Gasteiger partial charge on any atom is 0.313 e. The van der Waals surface area contributed by atoms with E-state index < -0.39 is 70.0 Å². The number of aryl methyl sites for hydroxylation is 4. The van der Waals surface area contributed by atoms with Crippen molar-refractivity contribution in [3.8, 4) is 11.5 Å². The molecule has 99 heavy (non-hydrogen) atoms. The summed E-state index contributed by atoms with van der Waals surface area (Å²) in [6.45, 7) is 18.4. The highest BCUT2D eigenvalue weighted by Crippen LogP contribution is 2.36. The number of fused-ring (bicyclic) bond motifs is 6. The van der Waals surface area contributed by atoms with E-state index in [1.54, 1.807) is 0 Å². The van der Waals surface area contributed by atoms with Crippen LogP contribution in [0, 0.1) is 46.5 Å². The van der Waals surface area contributed by atoms with Gasteiger partial charge in [-0.3, -0.25) is 9.59 Å². The molecule has 0 aliphatic carbocycles. The van der Waals surface area contributed by atoms with Crippen molar-refractivity contribution in [3.63, 3.8) is 0 Å². The van der Waals surface area contributed by atoms with Crippen molar-refractivity contribution in [2.24, 2.45) is 0 Å². The number of aromatic nitrogens is 6. The smallest absolute Gasteiger partial charge is 0.313 e. The minimum absolute atomic E-state index is 0.0182. The molecule has 0 unspecified atom stereocenters. The van der Waals surface area contributed by atoms with Crippen LogP contribution in [0.15, 0.2) is 48.5 Å². The van der Waals surface area contributed by atoms with Crippen LogP contribution >= 0.6 is 0 Å². The summed E-state index contributed by atoms with van der Waals surface area (Å²) in [7, 11) is 8.38. The van der Waals surface area contributed by atoms with Crippen LogP contribution in [0.3, 0.4) is 0 Å². The number of aliphatic carboxylic acids is 1. The van der Waals surface area contributed by atoms with Crippen molar-refractivity contribution >= 4 is 78.8 Å². The molecule has 0 bridgehead atoms. The first kappa shape index (κ1) is 76.5. The fraction of sp³-hybridized carbons (Fsp3) is 0.514. The van der Waals surface area contributed by atoms with Crippen LogP contribution in [0.1, 0.15) is 89.7 Å². The lowest BCUT2D eigenvalue weighted by molar-refractivity contribution is -0.138. The first-order valence-electron chi connectivity index (χ1n) is 33.8. The number of imidazole rings is 2. The number of nitrogens with two attached hydrogens (primary N) is 2.